The third-order valence-corrected chi connectivity index (χ3v) is 2.15. The highest BCUT2D eigenvalue weighted by atomic mass is 16.6. The molecule has 1 aliphatic carbocycles. The molecule has 4 heteroatoms. The molecule has 16 heavy (non-hydrogen) atoms. The van der Waals surface area contributed by atoms with Gasteiger partial charge in [0, 0.05) is 12.3 Å². The lowest BCUT2D eigenvalue weighted by Gasteiger charge is -2.23. The highest BCUT2D eigenvalue weighted by Crippen LogP contribution is 2.26. The Morgan fingerprint density at radius 2 is 2.06 bits per heavy atom. The maximum atomic E-state index is 11.5. The molecule has 0 amide bonds. The quantitative estimate of drug-likeness (QED) is 0.710. The molecule has 0 heterocycles. The Labute approximate surface area is 95.2 Å². The summed E-state index contributed by atoms with van der Waals surface area (Å²) >= 11 is 0. The van der Waals surface area contributed by atoms with E-state index in [9.17, 15) is 15.0 Å². The Balaban J connectivity index is 2.53. The molecule has 1 atom stereocenters. The van der Waals surface area contributed by atoms with Crippen molar-refractivity contribution in [2.24, 2.45) is 5.92 Å². The molecule has 4 nitrogen and oxygen atoms in total. The van der Waals surface area contributed by atoms with Gasteiger partial charge in [-0.1, -0.05) is 0 Å². The zero-order valence-corrected chi connectivity index (χ0v) is 9.86. The van der Waals surface area contributed by atoms with Crippen LogP contribution < -0.4 is 0 Å². The van der Waals surface area contributed by atoms with Crippen molar-refractivity contribution in [3.05, 3.63) is 23.7 Å². The first-order valence-electron chi connectivity index (χ1n) is 5.28. The van der Waals surface area contributed by atoms with Gasteiger partial charge in [0.1, 0.15) is 5.60 Å². The molecule has 0 saturated carbocycles. The van der Waals surface area contributed by atoms with Crippen molar-refractivity contribution < 1.29 is 19.7 Å². The number of carbonyl (C=O) groups is 1. The van der Waals surface area contributed by atoms with Crippen LogP contribution >= 0.6 is 0 Å². The third kappa shape index (κ3) is 3.96. The van der Waals surface area contributed by atoms with Gasteiger partial charge in [0.05, 0.1) is 17.9 Å². The highest BCUT2D eigenvalue weighted by molar-refractivity contribution is 5.70. The summed E-state index contributed by atoms with van der Waals surface area (Å²) in [5, 5.41) is 18.8. The van der Waals surface area contributed by atoms with E-state index in [1.54, 1.807) is 20.8 Å². The van der Waals surface area contributed by atoms with Gasteiger partial charge >= 0.3 is 5.97 Å². The van der Waals surface area contributed by atoms with Gasteiger partial charge in [0.15, 0.2) is 0 Å². The van der Waals surface area contributed by atoms with Crippen LogP contribution in [0, 0.1) is 5.92 Å². The molecule has 0 aliphatic heterocycles. The molecule has 0 saturated heterocycles. The monoisotopic (exact) mass is 226 g/mol. The third-order valence-electron chi connectivity index (χ3n) is 2.15. The molecule has 0 aromatic carbocycles. The molecule has 0 spiro atoms. The average molecular weight is 226 g/mol. The summed E-state index contributed by atoms with van der Waals surface area (Å²) in [5.74, 6) is -0.456. The number of aliphatic hydroxyl groups is 2. The molecule has 90 valence electrons. The van der Waals surface area contributed by atoms with Gasteiger partial charge in [-0.3, -0.25) is 4.79 Å². The van der Waals surface area contributed by atoms with Crippen molar-refractivity contribution in [2.45, 2.75) is 39.2 Å². The Hall–Kier alpha value is -1.45. The first-order valence-corrected chi connectivity index (χ1v) is 5.28. The first-order chi connectivity index (χ1) is 7.28. The molecule has 0 aromatic heterocycles. The van der Waals surface area contributed by atoms with Crippen molar-refractivity contribution in [3.63, 3.8) is 0 Å². The summed E-state index contributed by atoms with van der Waals surface area (Å²) in [6, 6.07) is 0. The van der Waals surface area contributed by atoms with Gasteiger partial charge in [0.2, 0.25) is 0 Å². The minimum absolute atomic E-state index is 0.0809. The van der Waals surface area contributed by atoms with Gasteiger partial charge in [0.25, 0.3) is 0 Å². The molecular formula is C12H18O4. The topological polar surface area (TPSA) is 66.8 Å². The number of ether oxygens (including phenoxy) is 1. The number of aliphatic hydroxyl groups excluding tert-OH is 2. The standard InChI is InChI=1S/C12H18O4/c1-12(2,3)16-11(15)7-8-6-9(13)4-5-10(8)14/h4-5,8,13-14H,6-7H2,1-3H3. The summed E-state index contributed by atoms with van der Waals surface area (Å²) in [5.41, 5.74) is -0.525. The fourth-order valence-corrected chi connectivity index (χ4v) is 1.50. The lowest BCUT2D eigenvalue weighted by atomic mass is 9.94. The Kier molecular flexibility index (Phi) is 3.62. The van der Waals surface area contributed by atoms with E-state index in [1.807, 2.05) is 0 Å². The molecule has 0 radical (unpaired) electrons. The van der Waals surface area contributed by atoms with Crippen molar-refractivity contribution in [1.29, 1.82) is 0 Å². The van der Waals surface area contributed by atoms with E-state index in [0.29, 0.717) is 0 Å². The highest BCUT2D eigenvalue weighted by Gasteiger charge is 2.25. The van der Waals surface area contributed by atoms with Crippen molar-refractivity contribution in [3.8, 4) is 0 Å². The predicted octanol–water partition coefficient (Wildman–Crippen LogP) is 2.62. The van der Waals surface area contributed by atoms with Crippen LogP contribution in [0.4, 0.5) is 0 Å². The lowest BCUT2D eigenvalue weighted by molar-refractivity contribution is -0.155. The van der Waals surface area contributed by atoms with Crippen molar-refractivity contribution in [2.75, 3.05) is 0 Å². The molecule has 0 bridgehead atoms. The SMILES string of the molecule is CC(C)(C)OC(=O)CC1CC(O)=CC=C1O. The molecule has 0 aromatic rings. The van der Waals surface area contributed by atoms with Crippen molar-refractivity contribution >= 4 is 5.97 Å². The molecule has 1 unspecified atom stereocenters. The first kappa shape index (κ1) is 12.6. The van der Waals surface area contributed by atoms with Gasteiger partial charge in [-0.05, 0) is 32.9 Å². The molecule has 1 aliphatic rings. The van der Waals surface area contributed by atoms with Crippen LogP contribution in [0.25, 0.3) is 0 Å². The maximum absolute atomic E-state index is 11.5. The molecule has 0 fully saturated rings. The van der Waals surface area contributed by atoms with E-state index in [1.165, 1.54) is 12.2 Å². The fourth-order valence-electron chi connectivity index (χ4n) is 1.50. The summed E-state index contributed by atoms with van der Waals surface area (Å²) in [4.78, 5) is 11.5. The summed E-state index contributed by atoms with van der Waals surface area (Å²) < 4.78 is 5.15. The minimum atomic E-state index is -0.525. The summed E-state index contributed by atoms with van der Waals surface area (Å²) in [6.07, 6.45) is 3.20. The van der Waals surface area contributed by atoms with Crippen LogP contribution in [0.5, 0.6) is 0 Å². The molecule has 1 rings (SSSR count). The number of hydrogen-bond acceptors (Lipinski definition) is 4. The minimum Gasteiger partial charge on any atom is -0.512 e. The van der Waals surface area contributed by atoms with E-state index in [-0.39, 0.29) is 36.2 Å². The lowest BCUT2D eigenvalue weighted by Crippen LogP contribution is -2.26. The largest absolute Gasteiger partial charge is 0.512 e. The Morgan fingerprint density at radius 3 is 2.62 bits per heavy atom. The average Bonchev–Trinajstić information content (AvgIpc) is 2.08. The van der Waals surface area contributed by atoms with E-state index in [4.69, 9.17) is 4.74 Å². The Morgan fingerprint density at radius 1 is 1.44 bits per heavy atom. The maximum Gasteiger partial charge on any atom is 0.307 e. The van der Waals surface area contributed by atoms with E-state index in [2.05, 4.69) is 0 Å². The number of rotatable bonds is 2. The molecular weight excluding hydrogens is 208 g/mol. The fraction of sp³-hybridized carbons (Fsp3) is 0.583. The van der Waals surface area contributed by atoms with Crippen LogP contribution in [0.1, 0.15) is 33.6 Å². The van der Waals surface area contributed by atoms with E-state index >= 15 is 0 Å². The van der Waals surface area contributed by atoms with E-state index < -0.39 is 5.60 Å². The number of allylic oxidation sites excluding steroid dienone is 4. The second kappa shape index (κ2) is 4.60. The van der Waals surface area contributed by atoms with Crippen LogP contribution in [0.2, 0.25) is 0 Å². The van der Waals surface area contributed by atoms with Crippen LogP contribution in [-0.4, -0.2) is 21.8 Å². The van der Waals surface area contributed by atoms with Gasteiger partial charge < -0.3 is 14.9 Å². The van der Waals surface area contributed by atoms with Gasteiger partial charge in [-0.25, -0.2) is 0 Å². The van der Waals surface area contributed by atoms with Gasteiger partial charge in [-0.2, -0.15) is 0 Å². The van der Waals surface area contributed by atoms with Crippen LogP contribution in [0.3, 0.4) is 0 Å². The normalized spacial score (nSPS) is 21.1. The Bertz CT molecular complexity index is 333. The second-order valence-electron chi connectivity index (χ2n) is 4.94. The number of carbonyl (C=O) groups excluding carboxylic acids is 1. The van der Waals surface area contributed by atoms with Crippen molar-refractivity contribution in [1.82, 2.24) is 0 Å². The van der Waals surface area contributed by atoms with Crippen LogP contribution in [-0.2, 0) is 9.53 Å². The second-order valence-corrected chi connectivity index (χ2v) is 4.94. The number of esters is 1. The smallest absolute Gasteiger partial charge is 0.307 e. The number of hydrogen-bond donors (Lipinski definition) is 2. The van der Waals surface area contributed by atoms with Gasteiger partial charge in [-0.15, -0.1) is 0 Å². The van der Waals surface area contributed by atoms with E-state index in [0.717, 1.165) is 0 Å². The summed E-state index contributed by atoms with van der Waals surface area (Å²) in [7, 11) is 0. The summed E-state index contributed by atoms with van der Waals surface area (Å²) in [6.45, 7) is 5.37. The predicted molar refractivity (Wildman–Crippen MR) is 60.0 cm³/mol. The zero-order chi connectivity index (χ0) is 12.3. The van der Waals surface area contributed by atoms with Crippen LogP contribution in [0.15, 0.2) is 23.7 Å². The molecule has 2 N–H and O–H groups in total. The zero-order valence-electron chi connectivity index (χ0n) is 9.86.